The lowest BCUT2D eigenvalue weighted by Gasteiger charge is -2.23. The number of aliphatic carboxylic acids is 1. The van der Waals surface area contributed by atoms with E-state index in [-0.39, 0.29) is 4.32 Å². The molecule has 3 rings (SSSR count). The largest absolute Gasteiger partial charge is 0.479 e. The molecule has 1 aliphatic heterocycles. The molecule has 0 radical (unpaired) electrons. The topological polar surface area (TPSA) is 70.8 Å². The minimum absolute atomic E-state index is 0.214. The average Bonchev–Trinajstić information content (AvgIpc) is 3.07. The number of aryl methyl sites for hydroxylation is 1. The molecule has 1 fully saturated rings. The van der Waals surface area contributed by atoms with E-state index in [9.17, 15) is 14.7 Å². The fourth-order valence-corrected chi connectivity index (χ4v) is 3.69. The Morgan fingerprint density at radius 3 is 2.58 bits per heavy atom. The number of thioether (sulfide) groups is 1. The molecular formula is C17H13NO4S2. The SMILES string of the molecule is Cc1ccc(/C=C2/SC(=S)N(C(C(=O)O)c3ccccc3)C2=O)o1. The number of amides is 1. The first-order valence-electron chi connectivity index (χ1n) is 7.08. The number of benzene rings is 1. The molecule has 0 saturated carbocycles. The van der Waals surface area contributed by atoms with E-state index in [1.54, 1.807) is 55.5 Å². The van der Waals surface area contributed by atoms with Crippen molar-refractivity contribution in [1.29, 1.82) is 0 Å². The van der Waals surface area contributed by atoms with Crippen molar-refractivity contribution in [2.75, 3.05) is 0 Å². The summed E-state index contributed by atoms with van der Waals surface area (Å²) >= 11 is 6.32. The Labute approximate surface area is 148 Å². The molecule has 1 aromatic heterocycles. The Bertz CT molecular complexity index is 841. The van der Waals surface area contributed by atoms with Crippen molar-refractivity contribution in [1.82, 2.24) is 4.90 Å². The predicted octanol–water partition coefficient (Wildman–Crippen LogP) is 3.62. The number of carbonyl (C=O) groups is 2. The number of hydrogen-bond donors (Lipinski definition) is 1. The fraction of sp³-hybridized carbons (Fsp3) is 0.118. The minimum Gasteiger partial charge on any atom is -0.479 e. The Morgan fingerprint density at radius 1 is 1.29 bits per heavy atom. The van der Waals surface area contributed by atoms with Crippen LogP contribution in [0.5, 0.6) is 0 Å². The van der Waals surface area contributed by atoms with Crippen LogP contribution in [0.3, 0.4) is 0 Å². The summed E-state index contributed by atoms with van der Waals surface area (Å²) in [5.41, 5.74) is 0.497. The van der Waals surface area contributed by atoms with Crippen molar-refractivity contribution >= 4 is 46.3 Å². The average molecular weight is 359 g/mol. The van der Waals surface area contributed by atoms with Gasteiger partial charge in [0.25, 0.3) is 5.91 Å². The molecule has 0 spiro atoms. The molecule has 1 atom stereocenters. The number of nitrogens with zero attached hydrogens (tertiary/aromatic N) is 1. The zero-order valence-electron chi connectivity index (χ0n) is 12.6. The van der Waals surface area contributed by atoms with Crippen molar-refractivity contribution in [3.8, 4) is 0 Å². The summed E-state index contributed by atoms with van der Waals surface area (Å²) in [5, 5.41) is 9.60. The monoisotopic (exact) mass is 359 g/mol. The lowest BCUT2D eigenvalue weighted by Crippen LogP contribution is -2.37. The smallest absolute Gasteiger partial charge is 0.331 e. The highest BCUT2D eigenvalue weighted by atomic mass is 32.2. The molecule has 24 heavy (non-hydrogen) atoms. The second-order valence-corrected chi connectivity index (χ2v) is 6.83. The molecule has 5 nitrogen and oxygen atoms in total. The maximum atomic E-state index is 12.7. The van der Waals surface area contributed by atoms with Gasteiger partial charge in [-0.3, -0.25) is 9.69 Å². The van der Waals surface area contributed by atoms with Gasteiger partial charge in [0.15, 0.2) is 6.04 Å². The molecule has 1 N–H and O–H groups in total. The van der Waals surface area contributed by atoms with E-state index in [4.69, 9.17) is 16.6 Å². The predicted molar refractivity (Wildman–Crippen MR) is 95.3 cm³/mol. The summed E-state index contributed by atoms with van der Waals surface area (Å²) in [6.45, 7) is 1.80. The number of carboxylic acids is 1. The van der Waals surface area contributed by atoms with Crippen LogP contribution in [0.25, 0.3) is 6.08 Å². The van der Waals surface area contributed by atoms with Crippen molar-refractivity contribution in [3.63, 3.8) is 0 Å². The lowest BCUT2D eigenvalue weighted by atomic mass is 10.1. The van der Waals surface area contributed by atoms with Gasteiger partial charge in [0.05, 0.1) is 4.91 Å². The van der Waals surface area contributed by atoms with Crippen molar-refractivity contribution in [3.05, 3.63) is 64.5 Å². The third-order valence-electron chi connectivity index (χ3n) is 3.47. The first-order chi connectivity index (χ1) is 11.5. The van der Waals surface area contributed by atoms with Gasteiger partial charge in [0.2, 0.25) is 0 Å². The van der Waals surface area contributed by atoms with E-state index in [1.807, 2.05) is 0 Å². The van der Waals surface area contributed by atoms with Crippen molar-refractivity contribution in [2.24, 2.45) is 0 Å². The van der Waals surface area contributed by atoms with Crippen LogP contribution in [-0.2, 0) is 9.59 Å². The number of rotatable bonds is 4. The standard InChI is InChI=1S/C17H13NO4S2/c1-10-7-8-12(22-10)9-13-15(19)18(17(23)24-13)14(16(20)21)11-5-3-2-4-6-11/h2-9,14H,1H3,(H,20,21)/b13-9+. The molecule has 1 saturated heterocycles. The molecule has 1 amide bonds. The van der Waals surface area contributed by atoms with Gasteiger partial charge < -0.3 is 9.52 Å². The van der Waals surface area contributed by atoms with Gasteiger partial charge in [0.1, 0.15) is 15.8 Å². The summed E-state index contributed by atoms with van der Waals surface area (Å²) in [7, 11) is 0. The van der Waals surface area contributed by atoms with E-state index >= 15 is 0 Å². The van der Waals surface area contributed by atoms with E-state index in [2.05, 4.69) is 0 Å². The third kappa shape index (κ3) is 3.13. The van der Waals surface area contributed by atoms with Gasteiger partial charge in [-0.25, -0.2) is 4.79 Å². The van der Waals surface area contributed by atoms with E-state index in [1.165, 1.54) is 0 Å². The van der Waals surface area contributed by atoms with Crippen LogP contribution in [-0.4, -0.2) is 26.2 Å². The van der Waals surface area contributed by atoms with E-state index < -0.39 is 17.9 Å². The molecule has 1 aromatic carbocycles. The summed E-state index contributed by atoms with van der Waals surface area (Å²) in [5.74, 6) is -0.313. The quantitative estimate of drug-likeness (QED) is 0.664. The van der Waals surface area contributed by atoms with Crippen LogP contribution in [0.4, 0.5) is 0 Å². The Kier molecular flexibility index (Phi) is 4.55. The minimum atomic E-state index is -1.15. The van der Waals surface area contributed by atoms with E-state index in [0.717, 1.165) is 22.4 Å². The van der Waals surface area contributed by atoms with Gasteiger partial charge in [0, 0.05) is 6.08 Å². The summed E-state index contributed by atoms with van der Waals surface area (Å²) in [4.78, 5) is 25.9. The summed E-state index contributed by atoms with van der Waals surface area (Å²) < 4.78 is 5.65. The zero-order chi connectivity index (χ0) is 17.3. The highest BCUT2D eigenvalue weighted by molar-refractivity contribution is 8.26. The van der Waals surface area contributed by atoms with Crippen LogP contribution in [0, 0.1) is 6.92 Å². The molecule has 1 unspecified atom stereocenters. The maximum absolute atomic E-state index is 12.7. The van der Waals surface area contributed by atoms with Gasteiger partial charge in [-0.15, -0.1) is 0 Å². The number of carbonyl (C=O) groups excluding carboxylic acids is 1. The Hall–Kier alpha value is -2.38. The highest BCUT2D eigenvalue weighted by Crippen LogP contribution is 2.38. The fourth-order valence-electron chi connectivity index (χ4n) is 2.40. The Balaban J connectivity index is 1.96. The molecule has 122 valence electrons. The number of hydrogen-bond acceptors (Lipinski definition) is 5. The number of carboxylic acid groups (broad SMARTS) is 1. The lowest BCUT2D eigenvalue weighted by molar-refractivity contribution is -0.145. The van der Waals surface area contributed by atoms with Gasteiger partial charge >= 0.3 is 5.97 Å². The molecule has 0 aliphatic carbocycles. The third-order valence-corrected chi connectivity index (χ3v) is 4.80. The molecule has 2 aromatic rings. The van der Waals surface area contributed by atoms with Crippen molar-refractivity contribution < 1.29 is 19.1 Å². The highest BCUT2D eigenvalue weighted by Gasteiger charge is 2.41. The number of furan rings is 1. The number of thiocarbonyl (C=S) groups is 1. The summed E-state index contributed by atoms with van der Waals surface area (Å²) in [6, 6.07) is 10.9. The van der Waals surface area contributed by atoms with Crippen LogP contribution in [0.1, 0.15) is 23.1 Å². The van der Waals surface area contributed by atoms with Crippen LogP contribution in [0.2, 0.25) is 0 Å². The molecule has 2 heterocycles. The van der Waals surface area contributed by atoms with Crippen LogP contribution in [0.15, 0.2) is 51.8 Å². The Morgan fingerprint density at radius 2 is 2.00 bits per heavy atom. The van der Waals surface area contributed by atoms with Gasteiger partial charge in [-0.2, -0.15) is 0 Å². The van der Waals surface area contributed by atoms with Gasteiger partial charge in [-0.05, 0) is 24.6 Å². The zero-order valence-corrected chi connectivity index (χ0v) is 14.3. The summed E-state index contributed by atoms with van der Waals surface area (Å²) in [6.07, 6.45) is 1.58. The van der Waals surface area contributed by atoms with Gasteiger partial charge in [-0.1, -0.05) is 54.3 Å². The van der Waals surface area contributed by atoms with Crippen LogP contribution >= 0.6 is 24.0 Å². The molecular weight excluding hydrogens is 346 g/mol. The normalized spacial score (nSPS) is 17.5. The maximum Gasteiger partial charge on any atom is 0.331 e. The molecule has 1 aliphatic rings. The molecule has 7 heteroatoms. The first-order valence-corrected chi connectivity index (χ1v) is 8.31. The van der Waals surface area contributed by atoms with Crippen molar-refractivity contribution in [2.45, 2.75) is 13.0 Å². The van der Waals surface area contributed by atoms with Crippen LogP contribution < -0.4 is 0 Å². The molecule has 0 bridgehead atoms. The first kappa shape index (κ1) is 16.5. The second-order valence-electron chi connectivity index (χ2n) is 5.15. The van der Waals surface area contributed by atoms with E-state index in [0.29, 0.717) is 16.2 Å². The second kappa shape index (κ2) is 6.62.